The molecule has 4 heteroatoms. The summed E-state index contributed by atoms with van der Waals surface area (Å²) in [7, 11) is 0. The molecule has 0 radical (unpaired) electrons. The first-order valence-electron chi connectivity index (χ1n) is 12.2. The number of epoxide rings is 1. The maximum atomic E-state index is 10.9. The van der Waals surface area contributed by atoms with Crippen LogP contribution in [-0.4, -0.2) is 18.2 Å². The fourth-order valence-electron chi connectivity index (χ4n) is 4.06. The van der Waals surface area contributed by atoms with Gasteiger partial charge in [-0.1, -0.05) is 110 Å². The molecule has 1 heterocycles. The SMILES string of the molecule is CCCCCCCCCCCCCCC1OC1CCCCCCCC(=O)OCl. The normalized spacial score (nSPS) is 18.4. The summed E-state index contributed by atoms with van der Waals surface area (Å²) in [6.07, 6.45) is 26.6. The Bertz CT molecular complexity index is 362. The van der Waals surface area contributed by atoms with Gasteiger partial charge < -0.3 is 9.03 Å². The molecule has 2 unspecified atom stereocenters. The summed E-state index contributed by atoms with van der Waals surface area (Å²) in [5.41, 5.74) is 0. The quantitative estimate of drug-likeness (QED) is 0.139. The molecule has 28 heavy (non-hydrogen) atoms. The lowest BCUT2D eigenvalue weighted by Gasteiger charge is -2.02. The minimum Gasteiger partial charge on any atom is -0.370 e. The molecule has 1 saturated heterocycles. The lowest BCUT2D eigenvalue weighted by atomic mass is 10.0. The monoisotopic (exact) mass is 416 g/mol. The highest BCUT2D eigenvalue weighted by Crippen LogP contribution is 2.31. The molecule has 0 spiro atoms. The van der Waals surface area contributed by atoms with Crippen LogP contribution in [0.15, 0.2) is 0 Å². The van der Waals surface area contributed by atoms with Crippen LogP contribution in [0.4, 0.5) is 0 Å². The van der Waals surface area contributed by atoms with Gasteiger partial charge in [-0.3, -0.25) is 4.79 Å². The minimum atomic E-state index is -0.311. The van der Waals surface area contributed by atoms with Gasteiger partial charge in [0.2, 0.25) is 0 Å². The van der Waals surface area contributed by atoms with Gasteiger partial charge in [0.1, 0.15) is 11.9 Å². The van der Waals surface area contributed by atoms with Crippen molar-refractivity contribution in [2.75, 3.05) is 0 Å². The van der Waals surface area contributed by atoms with E-state index in [1.807, 2.05) is 0 Å². The summed E-state index contributed by atoms with van der Waals surface area (Å²) in [6, 6.07) is 0. The third-order valence-electron chi connectivity index (χ3n) is 5.99. The fourth-order valence-corrected chi connectivity index (χ4v) is 4.13. The van der Waals surface area contributed by atoms with Crippen molar-refractivity contribution in [1.29, 1.82) is 0 Å². The maximum absolute atomic E-state index is 10.9. The van der Waals surface area contributed by atoms with Gasteiger partial charge in [0.25, 0.3) is 0 Å². The predicted molar refractivity (Wildman–Crippen MR) is 119 cm³/mol. The molecule has 0 amide bonds. The average molecular weight is 417 g/mol. The highest BCUT2D eigenvalue weighted by molar-refractivity contribution is 6.13. The second kappa shape index (κ2) is 18.7. The molecule has 1 aliphatic rings. The smallest absolute Gasteiger partial charge is 0.324 e. The Hall–Kier alpha value is -0.280. The molecule has 0 N–H and O–H groups in total. The Labute approximate surface area is 179 Å². The van der Waals surface area contributed by atoms with Crippen molar-refractivity contribution in [3.05, 3.63) is 0 Å². The van der Waals surface area contributed by atoms with E-state index in [9.17, 15) is 4.79 Å². The molecular formula is C24H45ClO3. The molecule has 0 aromatic heterocycles. The van der Waals surface area contributed by atoms with E-state index in [1.54, 1.807) is 0 Å². The van der Waals surface area contributed by atoms with Crippen LogP contribution in [0.3, 0.4) is 0 Å². The minimum absolute atomic E-state index is 0.311. The maximum Gasteiger partial charge on any atom is 0.324 e. The second-order valence-corrected chi connectivity index (χ2v) is 8.80. The van der Waals surface area contributed by atoms with Crippen molar-refractivity contribution in [3.8, 4) is 0 Å². The number of unbranched alkanes of at least 4 members (excludes halogenated alkanes) is 15. The van der Waals surface area contributed by atoms with Gasteiger partial charge in [-0.25, -0.2) is 0 Å². The van der Waals surface area contributed by atoms with E-state index in [1.165, 1.54) is 109 Å². The highest BCUT2D eigenvalue weighted by atomic mass is 35.5. The van der Waals surface area contributed by atoms with E-state index < -0.39 is 0 Å². The molecule has 1 rings (SSSR count). The van der Waals surface area contributed by atoms with Crippen molar-refractivity contribution >= 4 is 17.8 Å². The molecule has 0 aromatic rings. The van der Waals surface area contributed by atoms with Gasteiger partial charge >= 0.3 is 5.97 Å². The van der Waals surface area contributed by atoms with Gasteiger partial charge in [-0.2, -0.15) is 0 Å². The zero-order chi connectivity index (χ0) is 20.3. The van der Waals surface area contributed by atoms with E-state index in [0.29, 0.717) is 18.6 Å². The molecule has 0 bridgehead atoms. The van der Waals surface area contributed by atoms with Crippen LogP contribution in [0.5, 0.6) is 0 Å². The summed E-state index contributed by atoms with van der Waals surface area (Å²) in [5, 5.41) is 0. The van der Waals surface area contributed by atoms with Crippen molar-refractivity contribution in [1.82, 2.24) is 0 Å². The summed E-state index contributed by atoms with van der Waals surface area (Å²) >= 11 is 5.00. The Morgan fingerprint density at radius 2 is 1.07 bits per heavy atom. The van der Waals surface area contributed by atoms with E-state index in [4.69, 9.17) is 16.6 Å². The number of hydrogen-bond donors (Lipinski definition) is 0. The number of carbonyl (C=O) groups is 1. The summed E-state index contributed by atoms with van der Waals surface area (Å²) < 4.78 is 9.95. The Kier molecular flexibility index (Phi) is 17.2. The summed E-state index contributed by atoms with van der Waals surface area (Å²) in [6.45, 7) is 2.28. The van der Waals surface area contributed by atoms with Crippen LogP contribution in [0, 0.1) is 0 Å². The molecule has 0 saturated carbocycles. The van der Waals surface area contributed by atoms with E-state index in [-0.39, 0.29) is 5.97 Å². The lowest BCUT2D eigenvalue weighted by Crippen LogP contribution is -1.96. The fraction of sp³-hybridized carbons (Fsp3) is 0.958. The third kappa shape index (κ3) is 15.6. The molecular weight excluding hydrogens is 372 g/mol. The van der Waals surface area contributed by atoms with Gasteiger partial charge in [0.15, 0.2) is 0 Å². The Morgan fingerprint density at radius 3 is 1.50 bits per heavy atom. The third-order valence-corrected chi connectivity index (χ3v) is 6.16. The standard InChI is InChI=1S/C24H45ClO3/c1-2-3-4-5-6-7-8-9-10-11-13-16-19-22-23(27-22)20-17-14-12-15-18-21-24(26)28-25/h22-23H,2-21H2,1H3. The molecule has 0 aromatic carbocycles. The van der Waals surface area contributed by atoms with Gasteiger partial charge in [-0.15, -0.1) is 0 Å². The first-order chi connectivity index (χ1) is 13.8. The number of carbonyl (C=O) groups excluding carboxylic acids is 1. The van der Waals surface area contributed by atoms with Gasteiger partial charge in [0.05, 0.1) is 12.2 Å². The largest absolute Gasteiger partial charge is 0.370 e. The van der Waals surface area contributed by atoms with Crippen molar-refractivity contribution in [2.24, 2.45) is 0 Å². The zero-order valence-corrected chi connectivity index (χ0v) is 19.2. The van der Waals surface area contributed by atoms with Crippen LogP contribution in [0.1, 0.15) is 135 Å². The van der Waals surface area contributed by atoms with Crippen molar-refractivity contribution < 1.29 is 13.8 Å². The van der Waals surface area contributed by atoms with Crippen molar-refractivity contribution in [3.63, 3.8) is 0 Å². The van der Waals surface area contributed by atoms with Crippen LogP contribution in [0.25, 0.3) is 0 Å². The predicted octanol–water partition coefficient (Wildman–Crippen LogP) is 8.27. The highest BCUT2D eigenvalue weighted by Gasteiger charge is 2.36. The number of hydrogen-bond acceptors (Lipinski definition) is 3. The first-order valence-corrected chi connectivity index (χ1v) is 12.6. The molecule has 0 aliphatic carbocycles. The average Bonchev–Trinajstić information content (AvgIpc) is 3.46. The zero-order valence-electron chi connectivity index (χ0n) is 18.4. The summed E-state index contributed by atoms with van der Waals surface area (Å²) in [4.78, 5) is 10.9. The number of ether oxygens (including phenoxy) is 1. The molecule has 1 fully saturated rings. The summed E-state index contributed by atoms with van der Waals surface area (Å²) in [5.74, 6) is -0.311. The van der Waals surface area contributed by atoms with E-state index >= 15 is 0 Å². The number of rotatable bonds is 21. The van der Waals surface area contributed by atoms with Crippen LogP contribution in [0.2, 0.25) is 0 Å². The molecule has 3 nitrogen and oxygen atoms in total. The first kappa shape index (κ1) is 25.8. The Morgan fingerprint density at radius 1 is 0.679 bits per heavy atom. The molecule has 1 aliphatic heterocycles. The number of halogens is 1. The topological polar surface area (TPSA) is 38.8 Å². The Balaban J connectivity index is 1.72. The molecule has 2 atom stereocenters. The van der Waals surface area contributed by atoms with Crippen LogP contribution < -0.4 is 0 Å². The van der Waals surface area contributed by atoms with E-state index in [2.05, 4.69) is 11.2 Å². The van der Waals surface area contributed by atoms with Gasteiger partial charge in [0, 0.05) is 6.42 Å². The van der Waals surface area contributed by atoms with E-state index in [0.717, 1.165) is 12.8 Å². The lowest BCUT2D eigenvalue weighted by molar-refractivity contribution is -0.134. The van der Waals surface area contributed by atoms with Crippen LogP contribution >= 0.6 is 11.9 Å². The second-order valence-electron chi connectivity index (χ2n) is 8.65. The van der Waals surface area contributed by atoms with Crippen molar-refractivity contribution in [2.45, 2.75) is 148 Å². The van der Waals surface area contributed by atoms with Crippen LogP contribution in [-0.2, 0) is 13.8 Å². The van der Waals surface area contributed by atoms with Gasteiger partial charge in [-0.05, 0) is 19.3 Å². The molecule has 166 valence electrons.